The van der Waals surface area contributed by atoms with Crippen LogP contribution in [-0.2, 0) is 23.4 Å². The largest absolute Gasteiger partial charge is 0.508 e. The fourth-order valence-corrected chi connectivity index (χ4v) is 5.21. The first-order valence-electron chi connectivity index (χ1n) is 7.58. The van der Waals surface area contributed by atoms with Crippen molar-refractivity contribution in [3.8, 4) is 0 Å². The van der Waals surface area contributed by atoms with Gasteiger partial charge in [-0.05, 0) is 25.1 Å². The van der Waals surface area contributed by atoms with E-state index >= 15 is 0 Å². The molecule has 7 nitrogen and oxygen atoms in total. The molecule has 1 fully saturated rings. The average molecular weight is 334 g/mol. The van der Waals surface area contributed by atoms with E-state index in [0.717, 1.165) is 25.2 Å². The van der Waals surface area contributed by atoms with Crippen LogP contribution in [0.4, 0.5) is 4.79 Å². The van der Waals surface area contributed by atoms with Crippen LogP contribution in [0.3, 0.4) is 0 Å². The summed E-state index contributed by atoms with van der Waals surface area (Å²) in [6.07, 6.45) is -2.96. The summed E-state index contributed by atoms with van der Waals surface area (Å²) in [7, 11) is -0.720. The highest BCUT2D eigenvalue weighted by molar-refractivity contribution is 6.73. The molecule has 1 aliphatic rings. The van der Waals surface area contributed by atoms with Gasteiger partial charge in [0, 0.05) is 0 Å². The fourth-order valence-electron chi connectivity index (χ4n) is 2.58. The monoisotopic (exact) mass is 334 g/mol. The summed E-state index contributed by atoms with van der Waals surface area (Å²) < 4.78 is 20.6. The summed E-state index contributed by atoms with van der Waals surface area (Å²) in [5.74, 6) is -0.827. The van der Waals surface area contributed by atoms with Crippen molar-refractivity contribution in [2.45, 2.75) is 63.6 Å². The molecule has 0 radical (unpaired) electrons. The van der Waals surface area contributed by atoms with Crippen molar-refractivity contribution in [1.82, 2.24) is 0 Å². The summed E-state index contributed by atoms with van der Waals surface area (Å²) in [5.41, 5.74) is -1.91. The van der Waals surface area contributed by atoms with Gasteiger partial charge in [-0.2, -0.15) is 0 Å². The van der Waals surface area contributed by atoms with Crippen molar-refractivity contribution in [3.63, 3.8) is 0 Å². The van der Waals surface area contributed by atoms with Crippen LogP contribution in [-0.4, -0.2) is 57.1 Å². The number of ether oxygens (including phenoxy) is 3. The minimum Gasteiger partial charge on any atom is -0.454 e. The van der Waals surface area contributed by atoms with E-state index in [9.17, 15) is 14.7 Å². The Morgan fingerprint density at radius 3 is 2.32 bits per heavy atom. The fraction of sp³-hybridized carbons (Fsp3) is 0.857. The molecule has 0 amide bonds. The summed E-state index contributed by atoms with van der Waals surface area (Å²) in [4.78, 5) is 23.1. The Bertz CT molecular complexity index is 398. The summed E-state index contributed by atoms with van der Waals surface area (Å²) >= 11 is 0. The number of aliphatic hydroxyl groups is 1. The van der Waals surface area contributed by atoms with E-state index in [4.69, 9.17) is 13.9 Å². The van der Waals surface area contributed by atoms with Crippen LogP contribution in [0.5, 0.6) is 0 Å². The number of hydrogen-bond donors (Lipinski definition) is 1. The Balaban J connectivity index is 2.83. The van der Waals surface area contributed by atoms with Crippen LogP contribution < -0.4 is 0 Å². The van der Waals surface area contributed by atoms with Gasteiger partial charge in [0.25, 0.3) is 0 Å². The zero-order chi connectivity index (χ0) is 17.0. The second kappa shape index (κ2) is 7.43. The van der Waals surface area contributed by atoms with Gasteiger partial charge in [0.15, 0.2) is 26.1 Å². The van der Waals surface area contributed by atoms with E-state index < -0.39 is 38.3 Å². The van der Waals surface area contributed by atoms with Crippen molar-refractivity contribution >= 4 is 20.4 Å². The molecule has 1 heterocycles. The average Bonchev–Trinajstić information content (AvgIpc) is 2.72. The number of cyclic esters (lactones) is 1. The number of carbonyl (C=O) groups excluding carboxylic acids is 2. The molecule has 8 heteroatoms. The van der Waals surface area contributed by atoms with Gasteiger partial charge < -0.3 is 23.7 Å². The van der Waals surface area contributed by atoms with Crippen molar-refractivity contribution < 1.29 is 33.3 Å². The first-order valence-corrected chi connectivity index (χ1v) is 10.1. The third kappa shape index (κ3) is 3.79. The zero-order valence-electron chi connectivity index (χ0n) is 13.9. The summed E-state index contributed by atoms with van der Waals surface area (Å²) in [6, 6.07) is 2.83. The highest BCUT2D eigenvalue weighted by Gasteiger charge is 2.56. The molecule has 3 atom stereocenters. The molecule has 1 N–H and O–H groups in total. The van der Waals surface area contributed by atoms with E-state index in [1.54, 1.807) is 0 Å². The lowest BCUT2D eigenvalue weighted by atomic mass is 9.98. The first kappa shape index (κ1) is 18.9. The van der Waals surface area contributed by atoms with Crippen molar-refractivity contribution in [2.24, 2.45) is 0 Å². The van der Waals surface area contributed by atoms with Gasteiger partial charge in [-0.15, -0.1) is 0 Å². The van der Waals surface area contributed by atoms with Crippen LogP contribution >= 0.6 is 0 Å². The highest BCUT2D eigenvalue weighted by Crippen LogP contribution is 2.31. The molecule has 128 valence electrons. The third-order valence-electron chi connectivity index (χ3n) is 4.44. The maximum atomic E-state index is 11.8. The van der Waals surface area contributed by atoms with Crippen LogP contribution in [0.25, 0.3) is 0 Å². The van der Waals surface area contributed by atoms with Crippen LogP contribution in [0, 0.1) is 0 Å². The number of carbonyl (C=O) groups is 2. The van der Waals surface area contributed by atoms with Gasteiger partial charge in [-0.25, -0.2) is 9.59 Å². The van der Waals surface area contributed by atoms with E-state index in [0.29, 0.717) is 0 Å². The predicted molar refractivity (Wildman–Crippen MR) is 80.9 cm³/mol. The quantitative estimate of drug-likeness (QED) is 0.561. The molecular weight excluding hydrogens is 308 g/mol. The summed E-state index contributed by atoms with van der Waals surface area (Å²) in [5, 5.41) is 10.2. The van der Waals surface area contributed by atoms with Crippen molar-refractivity contribution in [2.75, 3.05) is 13.7 Å². The molecule has 0 saturated carbocycles. The lowest BCUT2D eigenvalue weighted by molar-refractivity contribution is -0.155. The molecule has 0 aromatic carbocycles. The molecular formula is C14H26O7Si. The number of esters is 1. The normalized spacial score (nSPS) is 28.4. The molecule has 1 saturated heterocycles. The number of hydrogen-bond acceptors (Lipinski definition) is 7. The number of methoxy groups -OCH3 is 1. The van der Waals surface area contributed by atoms with Crippen LogP contribution in [0.1, 0.15) is 27.7 Å². The minimum absolute atomic E-state index is 0.102. The molecule has 0 spiro atoms. The van der Waals surface area contributed by atoms with Gasteiger partial charge in [0.2, 0.25) is 0 Å². The van der Waals surface area contributed by atoms with Crippen molar-refractivity contribution in [3.05, 3.63) is 0 Å². The Labute approximate surface area is 132 Å². The minimum atomic E-state index is -1.91. The van der Waals surface area contributed by atoms with Gasteiger partial charge in [0.1, 0.15) is 0 Å². The van der Waals surface area contributed by atoms with Crippen molar-refractivity contribution in [1.29, 1.82) is 0 Å². The molecule has 22 heavy (non-hydrogen) atoms. The maximum Gasteiger partial charge on any atom is 0.508 e. The molecule has 0 aliphatic carbocycles. The second-order valence-corrected chi connectivity index (χ2v) is 10.4. The SMILES string of the molecule is CC[Si](CC)(CC)OC[C@H]1OC(=O)[C@@](C)(O)[C@@H]1OC(=O)OC. The molecule has 0 aromatic heterocycles. The standard InChI is InChI=1S/C14H26O7Si/c1-6-22(7-2,8-3)19-9-10-11(21-13(16)18-5)14(4,17)12(15)20-10/h10-11,17H,6-9H2,1-5H3/t10-,11-,14+/m1/s1. The van der Waals surface area contributed by atoms with Crippen LogP contribution in [0.15, 0.2) is 0 Å². The molecule has 1 rings (SSSR count). The lowest BCUT2D eigenvalue weighted by Gasteiger charge is -2.30. The molecule has 1 aliphatic heterocycles. The first-order chi connectivity index (χ1) is 10.3. The maximum absolute atomic E-state index is 11.8. The second-order valence-electron chi connectivity index (χ2n) is 5.64. The Hall–Kier alpha value is -1.12. The highest BCUT2D eigenvalue weighted by atomic mass is 28.4. The van der Waals surface area contributed by atoms with Crippen LogP contribution in [0.2, 0.25) is 18.1 Å². The van der Waals surface area contributed by atoms with Gasteiger partial charge in [-0.3, -0.25) is 0 Å². The molecule has 0 bridgehead atoms. The van der Waals surface area contributed by atoms with E-state index in [1.165, 1.54) is 6.92 Å². The Morgan fingerprint density at radius 2 is 1.86 bits per heavy atom. The van der Waals surface area contributed by atoms with Gasteiger partial charge in [-0.1, -0.05) is 20.8 Å². The Kier molecular flexibility index (Phi) is 6.39. The summed E-state index contributed by atoms with van der Waals surface area (Å²) in [6.45, 7) is 7.60. The molecule has 0 unspecified atom stereocenters. The number of rotatable bonds is 7. The third-order valence-corrected chi connectivity index (χ3v) is 9.09. The zero-order valence-corrected chi connectivity index (χ0v) is 14.9. The predicted octanol–water partition coefficient (Wildman–Crippen LogP) is 1.84. The van der Waals surface area contributed by atoms with E-state index in [1.807, 2.05) is 0 Å². The molecule has 0 aromatic rings. The van der Waals surface area contributed by atoms with E-state index in [2.05, 4.69) is 25.5 Å². The van der Waals surface area contributed by atoms with Gasteiger partial charge >= 0.3 is 12.1 Å². The smallest absolute Gasteiger partial charge is 0.454 e. The van der Waals surface area contributed by atoms with E-state index in [-0.39, 0.29) is 6.61 Å². The lowest BCUT2D eigenvalue weighted by Crippen LogP contribution is -2.48. The topological polar surface area (TPSA) is 91.3 Å². The Morgan fingerprint density at radius 1 is 1.32 bits per heavy atom. The van der Waals surface area contributed by atoms with Gasteiger partial charge in [0.05, 0.1) is 13.7 Å².